The van der Waals surface area contributed by atoms with E-state index in [1.165, 1.54) is 31.4 Å². The summed E-state index contributed by atoms with van der Waals surface area (Å²) in [5, 5.41) is 1.00. The third-order valence-corrected chi connectivity index (χ3v) is 5.63. The second kappa shape index (κ2) is 5.08. The number of anilines is 1. The minimum atomic E-state index is -3.84. The Hall–Kier alpha value is -1.58. The fourth-order valence-corrected chi connectivity index (χ4v) is 4.36. The molecule has 110 valence electrons. The second-order valence-corrected chi connectivity index (χ2v) is 7.93. The molecule has 7 nitrogen and oxygen atoms in total. The smallest absolute Gasteiger partial charge is 0.241 e. The number of nitrogens with two attached hydrogens (primary N) is 1. The molecular formula is C11H14N2O5S2. The van der Waals surface area contributed by atoms with E-state index < -0.39 is 25.9 Å². The SMILES string of the molecule is COc1ccc(S(=O)(=O)NC2C=CS(=O)(=O)C2)cc1N. The van der Waals surface area contributed by atoms with E-state index in [2.05, 4.69) is 4.72 Å². The normalized spacial score (nSPS) is 20.9. The fraction of sp³-hybridized carbons (Fsp3) is 0.273. The van der Waals surface area contributed by atoms with Gasteiger partial charge in [-0.05, 0) is 18.2 Å². The summed E-state index contributed by atoms with van der Waals surface area (Å²) >= 11 is 0. The predicted molar refractivity (Wildman–Crippen MR) is 74.4 cm³/mol. The van der Waals surface area contributed by atoms with Gasteiger partial charge >= 0.3 is 0 Å². The largest absolute Gasteiger partial charge is 0.495 e. The molecule has 9 heteroatoms. The van der Waals surface area contributed by atoms with Crippen LogP contribution in [0.5, 0.6) is 5.75 Å². The number of ether oxygens (including phenoxy) is 1. The zero-order valence-electron chi connectivity index (χ0n) is 10.6. The molecule has 20 heavy (non-hydrogen) atoms. The first kappa shape index (κ1) is 14.8. The average molecular weight is 318 g/mol. The Morgan fingerprint density at radius 3 is 2.60 bits per heavy atom. The van der Waals surface area contributed by atoms with Crippen molar-refractivity contribution in [2.45, 2.75) is 10.9 Å². The van der Waals surface area contributed by atoms with Gasteiger partial charge in [-0.2, -0.15) is 0 Å². The van der Waals surface area contributed by atoms with Crippen LogP contribution in [-0.2, 0) is 19.9 Å². The number of nitrogen functional groups attached to an aromatic ring is 1. The fourth-order valence-electron chi connectivity index (χ4n) is 1.80. The lowest BCUT2D eigenvalue weighted by Gasteiger charge is -2.12. The molecule has 1 aromatic rings. The number of sulfone groups is 1. The van der Waals surface area contributed by atoms with Gasteiger partial charge in [0.25, 0.3) is 0 Å². The number of benzene rings is 1. The zero-order valence-corrected chi connectivity index (χ0v) is 12.2. The van der Waals surface area contributed by atoms with E-state index in [1.807, 2.05) is 0 Å². The maximum Gasteiger partial charge on any atom is 0.241 e. The molecule has 1 aliphatic heterocycles. The molecule has 0 amide bonds. The highest BCUT2D eigenvalue weighted by Gasteiger charge is 2.27. The van der Waals surface area contributed by atoms with Gasteiger partial charge in [0, 0.05) is 5.41 Å². The van der Waals surface area contributed by atoms with E-state index in [0.717, 1.165) is 5.41 Å². The Balaban J connectivity index is 2.23. The van der Waals surface area contributed by atoms with Gasteiger partial charge in [-0.1, -0.05) is 6.08 Å². The maximum atomic E-state index is 12.1. The lowest BCUT2D eigenvalue weighted by atomic mass is 10.3. The lowest BCUT2D eigenvalue weighted by molar-refractivity contribution is 0.416. The number of methoxy groups -OCH3 is 1. The van der Waals surface area contributed by atoms with Crippen molar-refractivity contribution in [1.82, 2.24) is 4.72 Å². The number of sulfonamides is 1. The molecule has 1 atom stereocenters. The van der Waals surface area contributed by atoms with Crippen molar-refractivity contribution in [3.63, 3.8) is 0 Å². The maximum absolute atomic E-state index is 12.1. The highest BCUT2D eigenvalue weighted by atomic mass is 32.2. The summed E-state index contributed by atoms with van der Waals surface area (Å²) in [5.41, 5.74) is 5.84. The van der Waals surface area contributed by atoms with Crippen molar-refractivity contribution in [3.05, 3.63) is 29.7 Å². The summed E-state index contributed by atoms with van der Waals surface area (Å²) in [7, 11) is -5.74. The van der Waals surface area contributed by atoms with Crippen LogP contribution in [0.2, 0.25) is 0 Å². The molecule has 3 N–H and O–H groups in total. The van der Waals surface area contributed by atoms with Crippen molar-refractivity contribution in [1.29, 1.82) is 0 Å². The molecular weight excluding hydrogens is 304 g/mol. The number of hydrogen-bond donors (Lipinski definition) is 2. The molecule has 1 aromatic carbocycles. The van der Waals surface area contributed by atoms with Gasteiger partial charge in [-0.25, -0.2) is 21.6 Å². The molecule has 1 aliphatic rings. The van der Waals surface area contributed by atoms with Crippen LogP contribution in [0.15, 0.2) is 34.6 Å². The van der Waals surface area contributed by atoms with Crippen LogP contribution in [0.1, 0.15) is 0 Å². The molecule has 1 unspecified atom stereocenters. The van der Waals surface area contributed by atoms with Gasteiger partial charge in [0.2, 0.25) is 10.0 Å². The second-order valence-electron chi connectivity index (χ2n) is 4.29. The summed E-state index contributed by atoms with van der Waals surface area (Å²) < 4.78 is 54.0. The van der Waals surface area contributed by atoms with Crippen LogP contribution >= 0.6 is 0 Å². The van der Waals surface area contributed by atoms with Gasteiger partial charge in [-0.3, -0.25) is 0 Å². The van der Waals surface area contributed by atoms with Gasteiger partial charge in [0.05, 0.1) is 29.5 Å². The third-order valence-electron chi connectivity index (χ3n) is 2.75. The van der Waals surface area contributed by atoms with Crippen molar-refractivity contribution in [2.75, 3.05) is 18.6 Å². The standard InChI is InChI=1S/C11H14N2O5S2/c1-18-11-3-2-9(6-10(11)12)20(16,17)13-8-4-5-19(14,15)7-8/h2-6,8,13H,7,12H2,1H3. The highest BCUT2D eigenvalue weighted by Crippen LogP contribution is 2.24. The molecule has 1 heterocycles. The first-order valence-corrected chi connectivity index (χ1v) is 8.80. The molecule has 0 spiro atoms. The Bertz CT molecular complexity index is 753. The van der Waals surface area contributed by atoms with Gasteiger partial charge < -0.3 is 10.5 Å². The van der Waals surface area contributed by atoms with Crippen molar-refractivity contribution < 1.29 is 21.6 Å². The van der Waals surface area contributed by atoms with Crippen LogP contribution in [0.4, 0.5) is 5.69 Å². The van der Waals surface area contributed by atoms with Gasteiger partial charge in [-0.15, -0.1) is 0 Å². The van der Waals surface area contributed by atoms with Crippen molar-refractivity contribution >= 4 is 25.5 Å². The minimum absolute atomic E-state index is 0.0477. The predicted octanol–water partition coefficient (Wildman–Crippen LogP) is -0.134. The third kappa shape index (κ3) is 3.11. The van der Waals surface area contributed by atoms with Crippen LogP contribution in [0.25, 0.3) is 0 Å². The average Bonchev–Trinajstić information content (AvgIpc) is 2.67. The Morgan fingerprint density at radius 1 is 1.40 bits per heavy atom. The van der Waals surface area contributed by atoms with Crippen LogP contribution in [-0.4, -0.2) is 35.7 Å². The van der Waals surface area contributed by atoms with E-state index in [4.69, 9.17) is 10.5 Å². The summed E-state index contributed by atoms with van der Waals surface area (Å²) in [4.78, 5) is -0.0477. The monoisotopic (exact) mass is 318 g/mol. The highest BCUT2D eigenvalue weighted by molar-refractivity contribution is 7.94. The first-order chi connectivity index (χ1) is 9.23. The quantitative estimate of drug-likeness (QED) is 0.747. The summed E-state index contributed by atoms with van der Waals surface area (Å²) in [6.07, 6.45) is 1.31. The molecule has 0 fully saturated rings. The summed E-state index contributed by atoms with van der Waals surface area (Å²) in [6.45, 7) is 0. The molecule has 0 saturated heterocycles. The zero-order chi connectivity index (χ0) is 15.0. The Kier molecular flexibility index (Phi) is 3.76. The van der Waals surface area contributed by atoms with E-state index in [9.17, 15) is 16.8 Å². The van der Waals surface area contributed by atoms with Crippen LogP contribution in [0, 0.1) is 0 Å². The van der Waals surface area contributed by atoms with E-state index in [-0.39, 0.29) is 16.3 Å². The molecule has 0 radical (unpaired) electrons. The molecule has 0 aromatic heterocycles. The number of nitrogens with one attached hydrogen (secondary N) is 1. The van der Waals surface area contributed by atoms with E-state index in [0.29, 0.717) is 5.75 Å². The van der Waals surface area contributed by atoms with Gasteiger partial charge in [0.1, 0.15) is 5.75 Å². The van der Waals surface area contributed by atoms with Crippen molar-refractivity contribution in [3.8, 4) is 5.75 Å². The molecule has 0 aliphatic carbocycles. The molecule has 0 bridgehead atoms. The summed E-state index contributed by atoms with van der Waals surface area (Å²) in [5.74, 6) is 0.0880. The summed E-state index contributed by atoms with van der Waals surface area (Å²) in [6, 6.07) is 3.26. The van der Waals surface area contributed by atoms with Crippen molar-refractivity contribution in [2.24, 2.45) is 0 Å². The van der Waals surface area contributed by atoms with Crippen LogP contribution < -0.4 is 15.2 Å². The minimum Gasteiger partial charge on any atom is -0.495 e. The van der Waals surface area contributed by atoms with Gasteiger partial charge in [0.15, 0.2) is 9.84 Å². The Labute approximate surface area is 117 Å². The molecule has 2 rings (SSSR count). The topological polar surface area (TPSA) is 116 Å². The number of rotatable bonds is 4. The van der Waals surface area contributed by atoms with E-state index >= 15 is 0 Å². The van der Waals surface area contributed by atoms with E-state index in [1.54, 1.807) is 0 Å². The lowest BCUT2D eigenvalue weighted by Crippen LogP contribution is -2.35. The molecule has 0 saturated carbocycles. The number of hydrogen-bond acceptors (Lipinski definition) is 6. The van der Waals surface area contributed by atoms with Crippen LogP contribution in [0.3, 0.4) is 0 Å². The Morgan fingerprint density at radius 2 is 2.10 bits per heavy atom. The first-order valence-electron chi connectivity index (χ1n) is 5.60.